The average molecular weight is 426 g/mol. The van der Waals surface area contributed by atoms with Crippen LogP contribution in [-0.2, 0) is 6.61 Å². The van der Waals surface area contributed by atoms with Gasteiger partial charge < -0.3 is 19.5 Å². The number of ether oxygens (including phenoxy) is 3. The van der Waals surface area contributed by atoms with E-state index in [2.05, 4.69) is 5.32 Å². The lowest BCUT2D eigenvalue weighted by atomic mass is 10.1. The molecule has 3 rings (SSSR count). The molecule has 0 bridgehead atoms. The Balaban J connectivity index is 1.74. The van der Waals surface area contributed by atoms with Crippen molar-refractivity contribution < 1.29 is 19.0 Å². The molecule has 1 atom stereocenters. The molecule has 0 saturated heterocycles. The lowest BCUT2D eigenvalue weighted by molar-refractivity contribution is 0.0939. The zero-order chi connectivity index (χ0) is 21.5. The van der Waals surface area contributed by atoms with Gasteiger partial charge in [-0.05, 0) is 55.0 Å². The van der Waals surface area contributed by atoms with Crippen LogP contribution < -0.4 is 19.5 Å². The first-order valence-electron chi connectivity index (χ1n) is 9.51. The number of carbonyl (C=O) groups excluding carboxylic acids is 1. The van der Waals surface area contributed by atoms with E-state index < -0.39 is 0 Å². The zero-order valence-corrected chi connectivity index (χ0v) is 17.9. The summed E-state index contributed by atoms with van der Waals surface area (Å²) in [5.41, 5.74) is 2.26. The highest BCUT2D eigenvalue weighted by molar-refractivity contribution is 6.30. The van der Waals surface area contributed by atoms with Gasteiger partial charge in [-0.3, -0.25) is 4.79 Å². The summed E-state index contributed by atoms with van der Waals surface area (Å²) >= 11 is 5.94. The summed E-state index contributed by atoms with van der Waals surface area (Å²) in [4.78, 5) is 12.8. The number of para-hydroxylation sites is 2. The van der Waals surface area contributed by atoms with E-state index in [1.165, 1.54) is 0 Å². The highest BCUT2D eigenvalue weighted by atomic mass is 35.5. The highest BCUT2D eigenvalue weighted by Gasteiger charge is 2.15. The van der Waals surface area contributed by atoms with Crippen LogP contribution in [0.5, 0.6) is 17.2 Å². The number of hydrogen-bond acceptors (Lipinski definition) is 4. The molecule has 3 aromatic rings. The van der Waals surface area contributed by atoms with Gasteiger partial charge in [0, 0.05) is 16.1 Å². The SMILES string of the molecule is COc1ccc(C(=O)N[C@H](C)c2ccc(Cl)cc2)cc1COc1ccccc1OC. The van der Waals surface area contributed by atoms with Crippen molar-refractivity contribution in [2.24, 2.45) is 0 Å². The molecule has 0 aromatic heterocycles. The minimum absolute atomic E-state index is 0.162. The number of hydrogen-bond donors (Lipinski definition) is 1. The number of methoxy groups -OCH3 is 2. The van der Waals surface area contributed by atoms with Crippen molar-refractivity contribution in [2.75, 3.05) is 14.2 Å². The van der Waals surface area contributed by atoms with Crippen molar-refractivity contribution in [3.8, 4) is 17.2 Å². The maximum Gasteiger partial charge on any atom is 0.251 e. The number of nitrogens with one attached hydrogen (secondary N) is 1. The van der Waals surface area contributed by atoms with Gasteiger partial charge in [0.25, 0.3) is 5.91 Å². The summed E-state index contributed by atoms with van der Waals surface area (Å²) < 4.78 is 16.7. The molecule has 0 spiro atoms. The fourth-order valence-electron chi connectivity index (χ4n) is 3.04. The molecule has 5 nitrogen and oxygen atoms in total. The summed E-state index contributed by atoms with van der Waals surface area (Å²) in [6.07, 6.45) is 0. The maximum atomic E-state index is 12.8. The van der Waals surface area contributed by atoms with E-state index in [0.717, 1.165) is 11.1 Å². The number of halogens is 1. The molecule has 30 heavy (non-hydrogen) atoms. The van der Waals surface area contributed by atoms with Crippen molar-refractivity contribution in [2.45, 2.75) is 19.6 Å². The minimum Gasteiger partial charge on any atom is -0.496 e. The Labute approximate surface area is 181 Å². The Morgan fingerprint density at radius 1 is 0.933 bits per heavy atom. The Morgan fingerprint density at radius 3 is 2.27 bits per heavy atom. The maximum absolute atomic E-state index is 12.8. The lowest BCUT2D eigenvalue weighted by Crippen LogP contribution is -2.26. The van der Waals surface area contributed by atoms with Gasteiger partial charge in [0.15, 0.2) is 11.5 Å². The predicted octanol–water partition coefficient (Wildman–Crippen LogP) is 5.43. The molecule has 0 saturated carbocycles. The minimum atomic E-state index is -0.182. The Morgan fingerprint density at radius 2 is 1.60 bits per heavy atom. The molecule has 156 valence electrons. The van der Waals surface area contributed by atoms with E-state index in [1.54, 1.807) is 44.6 Å². The van der Waals surface area contributed by atoms with E-state index in [4.69, 9.17) is 25.8 Å². The van der Waals surface area contributed by atoms with E-state index in [-0.39, 0.29) is 18.6 Å². The van der Waals surface area contributed by atoms with Crippen LogP contribution in [0.1, 0.15) is 34.5 Å². The molecule has 0 aliphatic carbocycles. The van der Waals surface area contributed by atoms with Crippen molar-refractivity contribution in [3.63, 3.8) is 0 Å². The molecule has 0 radical (unpaired) electrons. The molecule has 6 heteroatoms. The smallest absolute Gasteiger partial charge is 0.251 e. The predicted molar refractivity (Wildman–Crippen MR) is 118 cm³/mol. The van der Waals surface area contributed by atoms with Gasteiger partial charge in [-0.25, -0.2) is 0 Å². The van der Waals surface area contributed by atoms with Crippen molar-refractivity contribution in [1.29, 1.82) is 0 Å². The molecular weight excluding hydrogens is 402 g/mol. The summed E-state index contributed by atoms with van der Waals surface area (Å²) in [6, 6.07) is 19.9. The summed E-state index contributed by atoms with van der Waals surface area (Å²) in [5, 5.41) is 3.66. The molecule has 0 aliphatic heterocycles. The Kier molecular flexibility index (Phi) is 7.20. The van der Waals surface area contributed by atoms with Gasteiger partial charge in [-0.1, -0.05) is 35.9 Å². The van der Waals surface area contributed by atoms with Crippen molar-refractivity contribution in [1.82, 2.24) is 5.32 Å². The van der Waals surface area contributed by atoms with E-state index in [0.29, 0.717) is 27.8 Å². The first kappa shape index (κ1) is 21.5. The first-order valence-corrected chi connectivity index (χ1v) is 9.88. The largest absolute Gasteiger partial charge is 0.496 e. The average Bonchev–Trinajstić information content (AvgIpc) is 2.77. The molecule has 0 fully saturated rings. The second kappa shape index (κ2) is 10.0. The standard InChI is InChI=1S/C24H24ClNO4/c1-16(17-8-11-20(25)12-9-17)26-24(27)18-10-13-21(28-2)19(14-18)15-30-23-7-5-4-6-22(23)29-3/h4-14,16H,15H2,1-3H3,(H,26,27)/t16-/m1/s1. The monoisotopic (exact) mass is 425 g/mol. The van der Waals surface area contributed by atoms with Gasteiger partial charge in [0.2, 0.25) is 0 Å². The molecule has 0 heterocycles. The van der Waals surface area contributed by atoms with Crippen LogP contribution >= 0.6 is 11.6 Å². The van der Waals surface area contributed by atoms with E-state index in [1.807, 2.05) is 43.3 Å². The van der Waals surface area contributed by atoms with Crippen LogP contribution in [-0.4, -0.2) is 20.1 Å². The molecular formula is C24H24ClNO4. The van der Waals surface area contributed by atoms with E-state index >= 15 is 0 Å². The van der Waals surface area contributed by atoms with Crippen LogP contribution in [0.4, 0.5) is 0 Å². The summed E-state index contributed by atoms with van der Waals surface area (Å²) in [6.45, 7) is 2.16. The van der Waals surface area contributed by atoms with Crippen LogP contribution in [0.15, 0.2) is 66.7 Å². The number of carbonyl (C=O) groups is 1. The van der Waals surface area contributed by atoms with Crippen LogP contribution in [0.3, 0.4) is 0 Å². The van der Waals surface area contributed by atoms with Crippen LogP contribution in [0.25, 0.3) is 0 Å². The molecule has 0 unspecified atom stereocenters. The van der Waals surface area contributed by atoms with E-state index in [9.17, 15) is 4.79 Å². The highest BCUT2D eigenvalue weighted by Crippen LogP contribution is 2.28. The quantitative estimate of drug-likeness (QED) is 0.523. The third-order valence-corrected chi connectivity index (χ3v) is 4.96. The first-order chi connectivity index (χ1) is 14.5. The second-order valence-corrected chi connectivity index (χ2v) is 7.15. The topological polar surface area (TPSA) is 56.8 Å². The fourth-order valence-corrected chi connectivity index (χ4v) is 3.17. The number of amides is 1. The Hall–Kier alpha value is -3.18. The lowest BCUT2D eigenvalue weighted by Gasteiger charge is -2.16. The Bertz CT molecular complexity index is 1000. The molecule has 3 aromatic carbocycles. The number of benzene rings is 3. The van der Waals surface area contributed by atoms with Gasteiger partial charge in [0.05, 0.1) is 20.3 Å². The van der Waals surface area contributed by atoms with Gasteiger partial charge in [-0.2, -0.15) is 0 Å². The third-order valence-electron chi connectivity index (χ3n) is 4.71. The number of rotatable bonds is 8. The normalized spacial score (nSPS) is 11.5. The molecule has 0 aliphatic rings. The zero-order valence-electron chi connectivity index (χ0n) is 17.1. The van der Waals surface area contributed by atoms with Crippen molar-refractivity contribution >= 4 is 17.5 Å². The fraction of sp³-hybridized carbons (Fsp3) is 0.208. The van der Waals surface area contributed by atoms with Crippen LogP contribution in [0, 0.1) is 0 Å². The van der Waals surface area contributed by atoms with Gasteiger partial charge in [-0.15, -0.1) is 0 Å². The second-order valence-electron chi connectivity index (χ2n) is 6.71. The van der Waals surface area contributed by atoms with Crippen LogP contribution in [0.2, 0.25) is 5.02 Å². The van der Waals surface area contributed by atoms with Gasteiger partial charge >= 0.3 is 0 Å². The van der Waals surface area contributed by atoms with Crippen molar-refractivity contribution in [3.05, 3.63) is 88.4 Å². The summed E-state index contributed by atoms with van der Waals surface area (Å²) in [7, 11) is 3.18. The van der Waals surface area contributed by atoms with Gasteiger partial charge in [0.1, 0.15) is 12.4 Å². The third kappa shape index (κ3) is 5.24. The molecule has 1 amide bonds. The molecule has 1 N–H and O–H groups in total. The summed E-state index contributed by atoms with van der Waals surface area (Å²) in [5.74, 6) is 1.72.